The topological polar surface area (TPSA) is 29.1 Å². The van der Waals surface area contributed by atoms with Crippen molar-refractivity contribution >= 4 is 5.91 Å². The molecule has 0 heterocycles. The minimum Gasteiger partial charge on any atom is -0.336 e. The predicted molar refractivity (Wildman–Crippen MR) is 86.1 cm³/mol. The first-order valence-corrected chi connectivity index (χ1v) is 6.93. The lowest BCUT2D eigenvalue weighted by molar-refractivity contribution is 0.0930. The lowest BCUT2D eigenvalue weighted by Gasteiger charge is -2.19. The van der Waals surface area contributed by atoms with E-state index in [-0.39, 0.29) is 5.91 Å². The van der Waals surface area contributed by atoms with E-state index in [9.17, 15) is 4.79 Å². The summed E-state index contributed by atoms with van der Waals surface area (Å²) in [7, 11) is 0. The van der Waals surface area contributed by atoms with Gasteiger partial charge in [-0.05, 0) is 43.5 Å². The molecule has 21 heavy (non-hydrogen) atoms. The highest BCUT2D eigenvalue weighted by atomic mass is 16.1. The van der Waals surface area contributed by atoms with E-state index < -0.39 is 5.54 Å². The Bertz CT molecular complexity index is 648. The second kappa shape index (κ2) is 6.28. The van der Waals surface area contributed by atoms with Gasteiger partial charge in [0.2, 0.25) is 0 Å². The van der Waals surface area contributed by atoms with Crippen molar-refractivity contribution in [3.63, 3.8) is 0 Å². The first-order chi connectivity index (χ1) is 10.00. The molecule has 0 unspecified atom stereocenters. The standard InChI is InChI=1S/C19H19NO/c1-4-19(2,3)20-18(21)17-12-10-16(11-13-17)14-15-8-6-5-7-9-15/h1,5-13H,14H2,2-3H3,(H,20,21). The molecule has 2 nitrogen and oxygen atoms in total. The van der Waals surface area contributed by atoms with E-state index in [1.165, 1.54) is 11.1 Å². The Kier molecular flexibility index (Phi) is 4.45. The van der Waals surface area contributed by atoms with Gasteiger partial charge in [-0.2, -0.15) is 0 Å². The quantitative estimate of drug-likeness (QED) is 0.852. The molecule has 0 radical (unpaired) electrons. The number of rotatable bonds is 4. The Morgan fingerprint density at radius 2 is 1.62 bits per heavy atom. The van der Waals surface area contributed by atoms with Crippen molar-refractivity contribution < 1.29 is 4.79 Å². The summed E-state index contributed by atoms with van der Waals surface area (Å²) in [6.07, 6.45) is 6.24. The molecule has 1 N–H and O–H groups in total. The number of amides is 1. The van der Waals surface area contributed by atoms with Crippen LogP contribution < -0.4 is 5.32 Å². The van der Waals surface area contributed by atoms with Crippen molar-refractivity contribution in [1.82, 2.24) is 5.32 Å². The molecule has 0 fully saturated rings. The van der Waals surface area contributed by atoms with Crippen molar-refractivity contribution in [2.45, 2.75) is 25.8 Å². The molecule has 0 saturated heterocycles. The maximum absolute atomic E-state index is 12.1. The number of terminal acetylenes is 1. The highest BCUT2D eigenvalue weighted by Gasteiger charge is 2.17. The van der Waals surface area contributed by atoms with Gasteiger partial charge in [-0.3, -0.25) is 4.79 Å². The van der Waals surface area contributed by atoms with Crippen LogP contribution >= 0.6 is 0 Å². The second-order valence-electron chi connectivity index (χ2n) is 5.58. The van der Waals surface area contributed by atoms with E-state index in [1.54, 1.807) is 13.8 Å². The van der Waals surface area contributed by atoms with Crippen LogP contribution in [0.2, 0.25) is 0 Å². The van der Waals surface area contributed by atoms with Crippen molar-refractivity contribution in [2.75, 3.05) is 0 Å². The molecular weight excluding hydrogens is 258 g/mol. The minimum atomic E-state index is -0.639. The molecule has 0 bridgehead atoms. The van der Waals surface area contributed by atoms with Crippen LogP contribution in [0.5, 0.6) is 0 Å². The maximum Gasteiger partial charge on any atom is 0.252 e. The van der Waals surface area contributed by atoms with Crippen LogP contribution in [-0.2, 0) is 6.42 Å². The number of nitrogens with one attached hydrogen (secondary N) is 1. The van der Waals surface area contributed by atoms with Crippen LogP contribution in [0.4, 0.5) is 0 Å². The molecule has 0 atom stereocenters. The summed E-state index contributed by atoms with van der Waals surface area (Å²) < 4.78 is 0. The Labute approximate surface area is 126 Å². The zero-order valence-corrected chi connectivity index (χ0v) is 12.4. The Balaban J connectivity index is 2.06. The van der Waals surface area contributed by atoms with Crippen LogP contribution in [-0.4, -0.2) is 11.4 Å². The van der Waals surface area contributed by atoms with E-state index in [2.05, 4.69) is 23.4 Å². The number of hydrogen-bond donors (Lipinski definition) is 1. The SMILES string of the molecule is C#CC(C)(C)NC(=O)c1ccc(Cc2ccccc2)cc1. The van der Waals surface area contributed by atoms with E-state index in [4.69, 9.17) is 6.42 Å². The van der Waals surface area contributed by atoms with Gasteiger partial charge in [0.1, 0.15) is 0 Å². The van der Waals surface area contributed by atoms with Gasteiger partial charge < -0.3 is 5.32 Å². The fourth-order valence-electron chi connectivity index (χ4n) is 2.00. The highest BCUT2D eigenvalue weighted by molar-refractivity contribution is 5.94. The Morgan fingerprint density at radius 1 is 1.05 bits per heavy atom. The summed E-state index contributed by atoms with van der Waals surface area (Å²) in [5.41, 5.74) is 2.41. The van der Waals surface area contributed by atoms with E-state index in [0.717, 1.165) is 6.42 Å². The van der Waals surface area contributed by atoms with Gasteiger partial charge in [-0.15, -0.1) is 6.42 Å². The molecule has 2 aromatic carbocycles. The lowest BCUT2D eigenvalue weighted by Crippen LogP contribution is -2.42. The Hall–Kier alpha value is -2.53. The average Bonchev–Trinajstić information content (AvgIpc) is 2.48. The third-order valence-electron chi connectivity index (χ3n) is 3.25. The third-order valence-corrected chi connectivity index (χ3v) is 3.25. The number of benzene rings is 2. The molecule has 2 rings (SSSR count). The predicted octanol–water partition coefficient (Wildman–Crippen LogP) is 3.42. The molecule has 0 aliphatic heterocycles. The summed E-state index contributed by atoms with van der Waals surface area (Å²) in [4.78, 5) is 12.1. The zero-order chi connectivity index (χ0) is 15.3. The second-order valence-corrected chi connectivity index (χ2v) is 5.58. The van der Waals surface area contributed by atoms with E-state index in [1.807, 2.05) is 42.5 Å². The molecule has 0 aromatic heterocycles. The minimum absolute atomic E-state index is 0.149. The van der Waals surface area contributed by atoms with Gasteiger partial charge in [-0.25, -0.2) is 0 Å². The van der Waals surface area contributed by atoms with E-state index in [0.29, 0.717) is 5.56 Å². The molecule has 0 spiro atoms. The monoisotopic (exact) mass is 277 g/mol. The Morgan fingerprint density at radius 3 is 2.19 bits per heavy atom. The molecule has 0 saturated carbocycles. The molecule has 106 valence electrons. The molecule has 2 heteroatoms. The first kappa shape index (κ1) is 14.9. The van der Waals surface area contributed by atoms with Gasteiger partial charge >= 0.3 is 0 Å². The van der Waals surface area contributed by atoms with E-state index >= 15 is 0 Å². The molecule has 1 amide bonds. The molecule has 0 aliphatic carbocycles. The van der Waals surface area contributed by atoms with Crippen LogP contribution in [0.25, 0.3) is 0 Å². The van der Waals surface area contributed by atoms with Crippen LogP contribution in [0.3, 0.4) is 0 Å². The first-order valence-electron chi connectivity index (χ1n) is 6.93. The van der Waals surface area contributed by atoms with Gasteiger partial charge in [0.05, 0.1) is 5.54 Å². The summed E-state index contributed by atoms with van der Waals surface area (Å²) >= 11 is 0. The number of carbonyl (C=O) groups is 1. The zero-order valence-electron chi connectivity index (χ0n) is 12.4. The van der Waals surface area contributed by atoms with Gasteiger partial charge in [0, 0.05) is 5.56 Å². The fraction of sp³-hybridized carbons (Fsp3) is 0.211. The maximum atomic E-state index is 12.1. The normalized spacial score (nSPS) is 10.7. The summed E-state index contributed by atoms with van der Waals surface area (Å²) in [5, 5.41) is 2.82. The van der Waals surface area contributed by atoms with Crippen LogP contribution in [0.1, 0.15) is 35.3 Å². The highest BCUT2D eigenvalue weighted by Crippen LogP contribution is 2.11. The number of hydrogen-bond acceptors (Lipinski definition) is 1. The molecule has 0 aliphatic rings. The van der Waals surface area contributed by atoms with Gasteiger partial charge in [0.15, 0.2) is 0 Å². The number of carbonyl (C=O) groups excluding carboxylic acids is 1. The van der Waals surface area contributed by atoms with Crippen molar-refractivity contribution in [3.8, 4) is 12.3 Å². The summed E-state index contributed by atoms with van der Waals surface area (Å²) in [5.74, 6) is 2.41. The van der Waals surface area contributed by atoms with Gasteiger partial charge in [0.25, 0.3) is 5.91 Å². The average molecular weight is 277 g/mol. The van der Waals surface area contributed by atoms with Crippen LogP contribution in [0.15, 0.2) is 54.6 Å². The molecular formula is C19H19NO. The third kappa shape index (κ3) is 4.22. The smallest absolute Gasteiger partial charge is 0.252 e. The molecule has 2 aromatic rings. The summed E-state index contributed by atoms with van der Waals surface area (Å²) in [6.45, 7) is 3.60. The van der Waals surface area contributed by atoms with Gasteiger partial charge in [-0.1, -0.05) is 48.4 Å². The fourth-order valence-corrected chi connectivity index (χ4v) is 2.00. The lowest BCUT2D eigenvalue weighted by atomic mass is 10.0. The van der Waals surface area contributed by atoms with Crippen molar-refractivity contribution in [1.29, 1.82) is 0 Å². The van der Waals surface area contributed by atoms with Crippen molar-refractivity contribution in [3.05, 3.63) is 71.3 Å². The summed E-state index contributed by atoms with van der Waals surface area (Å²) in [6, 6.07) is 17.9. The van der Waals surface area contributed by atoms with Crippen LogP contribution in [0, 0.1) is 12.3 Å². The van der Waals surface area contributed by atoms with Crippen molar-refractivity contribution in [2.24, 2.45) is 0 Å². The largest absolute Gasteiger partial charge is 0.336 e.